The number of anilines is 1. The zero-order valence-electron chi connectivity index (χ0n) is 10.4. The second kappa shape index (κ2) is 5.55. The molecule has 1 aromatic carbocycles. The molecule has 5 heteroatoms. The molecule has 3 rings (SSSR count). The zero-order chi connectivity index (χ0) is 13.1. The topological polar surface area (TPSA) is 49.8 Å². The highest BCUT2D eigenvalue weighted by molar-refractivity contribution is 6.30. The Bertz CT molecular complexity index is 556. The molecule has 0 radical (unpaired) electrons. The van der Waals surface area contributed by atoms with E-state index in [1.54, 1.807) is 12.4 Å². The normalized spacial score (nSPS) is 17.8. The molecule has 1 aliphatic heterocycles. The highest BCUT2D eigenvalue weighted by Gasteiger charge is 2.18. The van der Waals surface area contributed by atoms with Gasteiger partial charge in [0.25, 0.3) is 0 Å². The molecule has 19 heavy (non-hydrogen) atoms. The summed E-state index contributed by atoms with van der Waals surface area (Å²) in [5, 5.41) is 7.30. The first-order valence-corrected chi connectivity index (χ1v) is 6.73. The minimum absolute atomic E-state index is 0.296. The minimum atomic E-state index is 0.296. The maximum Gasteiger partial charge on any atom is 0.222 e. The SMILES string of the molecule is Clc1cnc(NCC2NCCc3ccccc32)nc1. The summed E-state index contributed by atoms with van der Waals surface area (Å²) < 4.78 is 0. The van der Waals surface area contributed by atoms with E-state index in [1.165, 1.54) is 11.1 Å². The lowest BCUT2D eigenvalue weighted by molar-refractivity contribution is 0.522. The predicted octanol–water partition coefficient (Wildman–Crippen LogP) is 2.43. The number of halogens is 1. The van der Waals surface area contributed by atoms with Crippen molar-refractivity contribution in [2.75, 3.05) is 18.4 Å². The number of aromatic nitrogens is 2. The summed E-state index contributed by atoms with van der Waals surface area (Å²) in [7, 11) is 0. The Labute approximate surface area is 117 Å². The molecule has 1 unspecified atom stereocenters. The van der Waals surface area contributed by atoms with Crippen molar-refractivity contribution < 1.29 is 0 Å². The van der Waals surface area contributed by atoms with Gasteiger partial charge in [-0.15, -0.1) is 0 Å². The van der Waals surface area contributed by atoms with Gasteiger partial charge in [-0.05, 0) is 24.1 Å². The average molecular weight is 275 g/mol. The number of nitrogens with zero attached hydrogens (tertiary/aromatic N) is 2. The van der Waals surface area contributed by atoms with E-state index in [1.807, 2.05) is 0 Å². The van der Waals surface area contributed by atoms with Crippen molar-refractivity contribution in [3.8, 4) is 0 Å². The lowest BCUT2D eigenvalue weighted by atomic mass is 9.94. The van der Waals surface area contributed by atoms with Crippen LogP contribution in [0.3, 0.4) is 0 Å². The van der Waals surface area contributed by atoms with Crippen molar-refractivity contribution in [1.82, 2.24) is 15.3 Å². The van der Waals surface area contributed by atoms with Gasteiger partial charge in [-0.1, -0.05) is 35.9 Å². The number of fused-ring (bicyclic) bond motifs is 1. The highest BCUT2D eigenvalue weighted by atomic mass is 35.5. The molecule has 0 aliphatic carbocycles. The number of rotatable bonds is 3. The van der Waals surface area contributed by atoms with Crippen LogP contribution in [-0.4, -0.2) is 23.1 Å². The standard InChI is InChI=1S/C14H15ClN4/c15-11-7-17-14(18-8-11)19-9-13-12-4-2-1-3-10(12)5-6-16-13/h1-4,7-8,13,16H,5-6,9H2,(H,17,18,19). The highest BCUT2D eigenvalue weighted by Crippen LogP contribution is 2.22. The van der Waals surface area contributed by atoms with E-state index >= 15 is 0 Å². The van der Waals surface area contributed by atoms with Crippen LogP contribution in [0.4, 0.5) is 5.95 Å². The molecule has 0 saturated carbocycles. The van der Waals surface area contributed by atoms with Gasteiger partial charge in [-0.2, -0.15) is 0 Å². The molecular formula is C14H15ClN4. The van der Waals surface area contributed by atoms with E-state index in [-0.39, 0.29) is 0 Å². The lowest BCUT2D eigenvalue weighted by Gasteiger charge is -2.27. The summed E-state index contributed by atoms with van der Waals surface area (Å²) >= 11 is 5.76. The smallest absolute Gasteiger partial charge is 0.222 e. The van der Waals surface area contributed by atoms with E-state index in [0.717, 1.165) is 19.5 Å². The van der Waals surface area contributed by atoms with Gasteiger partial charge in [0.15, 0.2) is 0 Å². The Morgan fingerprint density at radius 2 is 2.05 bits per heavy atom. The van der Waals surface area contributed by atoms with Gasteiger partial charge in [0, 0.05) is 12.6 Å². The third-order valence-corrected chi connectivity index (χ3v) is 3.50. The Morgan fingerprint density at radius 1 is 1.26 bits per heavy atom. The van der Waals surface area contributed by atoms with Gasteiger partial charge in [0.05, 0.1) is 17.4 Å². The fraction of sp³-hybridized carbons (Fsp3) is 0.286. The third-order valence-electron chi connectivity index (χ3n) is 3.30. The van der Waals surface area contributed by atoms with Crippen LogP contribution in [0.2, 0.25) is 5.02 Å². The van der Waals surface area contributed by atoms with Crippen molar-refractivity contribution >= 4 is 17.5 Å². The molecule has 1 aromatic heterocycles. The van der Waals surface area contributed by atoms with Crippen LogP contribution in [0, 0.1) is 0 Å². The van der Waals surface area contributed by atoms with Gasteiger partial charge in [-0.25, -0.2) is 9.97 Å². The number of nitrogens with one attached hydrogen (secondary N) is 2. The van der Waals surface area contributed by atoms with Crippen LogP contribution in [0.15, 0.2) is 36.7 Å². The number of benzene rings is 1. The third kappa shape index (κ3) is 2.85. The number of hydrogen-bond acceptors (Lipinski definition) is 4. The Balaban J connectivity index is 1.69. The summed E-state index contributed by atoms with van der Waals surface area (Å²) in [5.74, 6) is 0.606. The molecule has 2 N–H and O–H groups in total. The molecular weight excluding hydrogens is 260 g/mol. The van der Waals surface area contributed by atoms with Crippen LogP contribution in [0.25, 0.3) is 0 Å². The first kappa shape index (κ1) is 12.4. The average Bonchev–Trinajstić information content (AvgIpc) is 2.47. The molecule has 98 valence electrons. The zero-order valence-corrected chi connectivity index (χ0v) is 11.2. The maximum absolute atomic E-state index is 5.76. The molecule has 1 atom stereocenters. The number of hydrogen-bond donors (Lipinski definition) is 2. The van der Waals surface area contributed by atoms with Crippen molar-refractivity contribution in [2.45, 2.75) is 12.5 Å². The van der Waals surface area contributed by atoms with Crippen molar-refractivity contribution in [2.24, 2.45) is 0 Å². The van der Waals surface area contributed by atoms with Gasteiger partial charge in [-0.3, -0.25) is 0 Å². The van der Waals surface area contributed by atoms with Crippen LogP contribution >= 0.6 is 11.6 Å². The summed E-state index contributed by atoms with van der Waals surface area (Å²) in [6.45, 7) is 1.77. The first-order valence-electron chi connectivity index (χ1n) is 6.35. The Hall–Kier alpha value is -1.65. The predicted molar refractivity (Wildman–Crippen MR) is 76.4 cm³/mol. The Kier molecular flexibility index (Phi) is 3.62. The van der Waals surface area contributed by atoms with Crippen LogP contribution in [0.1, 0.15) is 17.2 Å². The monoisotopic (exact) mass is 274 g/mol. The molecule has 4 nitrogen and oxygen atoms in total. The molecule has 0 spiro atoms. The van der Waals surface area contributed by atoms with Gasteiger partial charge < -0.3 is 10.6 Å². The van der Waals surface area contributed by atoms with Gasteiger partial charge >= 0.3 is 0 Å². The molecule has 1 aliphatic rings. The van der Waals surface area contributed by atoms with Crippen LogP contribution in [-0.2, 0) is 6.42 Å². The molecule has 0 bridgehead atoms. The minimum Gasteiger partial charge on any atom is -0.352 e. The van der Waals surface area contributed by atoms with E-state index in [4.69, 9.17) is 11.6 Å². The first-order chi connectivity index (χ1) is 9.33. The van der Waals surface area contributed by atoms with Gasteiger partial charge in [0.2, 0.25) is 5.95 Å². The van der Waals surface area contributed by atoms with Gasteiger partial charge in [0.1, 0.15) is 0 Å². The summed E-state index contributed by atoms with van der Waals surface area (Å²) in [5.41, 5.74) is 2.78. The quantitative estimate of drug-likeness (QED) is 0.903. The van der Waals surface area contributed by atoms with Crippen molar-refractivity contribution in [1.29, 1.82) is 0 Å². The Morgan fingerprint density at radius 3 is 2.89 bits per heavy atom. The van der Waals surface area contributed by atoms with Crippen LogP contribution in [0.5, 0.6) is 0 Å². The van der Waals surface area contributed by atoms with E-state index in [0.29, 0.717) is 17.0 Å². The maximum atomic E-state index is 5.76. The van der Waals surface area contributed by atoms with E-state index in [9.17, 15) is 0 Å². The van der Waals surface area contributed by atoms with Crippen molar-refractivity contribution in [3.05, 3.63) is 52.8 Å². The fourth-order valence-corrected chi connectivity index (χ4v) is 2.47. The summed E-state index contributed by atoms with van der Waals surface area (Å²) in [6.07, 6.45) is 4.28. The summed E-state index contributed by atoms with van der Waals surface area (Å²) in [4.78, 5) is 8.27. The largest absolute Gasteiger partial charge is 0.352 e. The van der Waals surface area contributed by atoms with E-state index in [2.05, 4.69) is 44.9 Å². The summed E-state index contributed by atoms with van der Waals surface area (Å²) in [6, 6.07) is 8.84. The molecule has 2 aromatic rings. The van der Waals surface area contributed by atoms with Crippen LogP contribution < -0.4 is 10.6 Å². The second-order valence-corrected chi connectivity index (χ2v) is 5.00. The molecule has 0 saturated heterocycles. The molecule has 0 amide bonds. The fourth-order valence-electron chi connectivity index (χ4n) is 2.37. The molecule has 2 heterocycles. The lowest BCUT2D eigenvalue weighted by Crippen LogP contribution is -2.34. The second-order valence-electron chi connectivity index (χ2n) is 4.56. The molecule has 0 fully saturated rings. The van der Waals surface area contributed by atoms with E-state index < -0.39 is 0 Å². The van der Waals surface area contributed by atoms with Crippen molar-refractivity contribution in [3.63, 3.8) is 0 Å².